The van der Waals surface area contributed by atoms with E-state index in [0.717, 1.165) is 12.1 Å². The molecule has 0 spiro atoms. The summed E-state index contributed by atoms with van der Waals surface area (Å²) in [6, 6.07) is 10.6. The van der Waals surface area contributed by atoms with Crippen LogP contribution in [0, 0.1) is 11.7 Å². The average molecular weight is 422 g/mol. The van der Waals surface area contributed by atoms with Crippen LogP contribution < -0.4 is 10.0 Å². The van der Waals surface area contributed by atoms with E-state index in [1.54, 1.807) is 12.1 Å². The van der Waals surface area contributed by atoms with Crippen molar-refractivity contribution in [2.24, 2.45) is 5.92 Å². The van der Waals surface area contributed by atoms with Crippen molar-refractivity contribution in [2.45, 2.75) is 25.2 Å². The van der Waals surface area contributed by atoms with Crippen LogP contribution in [0.5, 0.6) is 0 Å². The van der Waals surface area contributed by atoms with Crippen LogP contribution in [-0.2, 0) is 30.8 Å². The van der Waals surface area contributed by atoms with E-state index in [-0.39, 0.29) is 23.8 Å². The van der Waals surface area contributed by atoms with Gasteiger partial charge < -0.3 is 10.1 Å². The first-order valence-corrected chi connectivity index (χ1v) is 10.4. The lowest BCUT2D eigenvalue weighted by Crippen LogP contribution is -2.31. The number of nitrogens with one attached hydrogen (secondary N) is 2. The topological polar surface area (TPSA) is 102 Å². The van der Waals surface area contributed by atoms with E-state index in [1.807, 2.05) is 13.8 Å². The van der Waals surface area contributed by atoms with Crippen LogP contribution >= 0.6 is 0 Å². The van der Waals surface area contributed by atoms with Gasteiger partial charge in [0.15, 0.2) is 6.61 Å². The lowest BCUT2D eigenvalue weighted by molar-refractivity contribution is -0.147. The molecule has 0 saturated heterocycles. The predicted molar refractivity (Wildman–Crippen MR) is 106 cm³/mol. The molecule has 0 aliphatic rings. The van der Waals surface area contributed by atoms with Crippen LogP contribution in [-0.4, -0.2) is 33.4 Å². The van der Waals surface area contributed by atoms with E-state index < -0.39 is 21.8 Å². The summed E-state index contributed by atoms with van der Waals surface area (Å²) in [6.45, 7) is 4.07. The van der Waals surface area contributed by atoms with Gasteiger partial charge >= 0.3 is 5.97 Å². The number of hydrogen-bond donors (Lipinski definition) is 2. The Labute approximate surface area is 169 Å². The second-order valence-electron chi connectivity index (χ2n) is 6.79. The van der Waals surface area contributed by atoms with Gasteiger partial charge in [-0.05, 0) is 47.9 Å². The van der Waals surface area contributed by atoms with Crippen molar-refractivity contribution in [3.8, 4) is 0 Å². The van der Waals surface area contributed by atoms with Gasteiger partial charge in [0.1, 0.15) is 5.82 Å². The zero-order valence-electron chi connectivity index (χ0n) is 16.1. The summed E-state index contributed by atoms with van der Waals surface area (Å²) >= 11 is 0. The number of benzene rings is 2. The molecule has 0 heterocycles. The monoisotopic (exact) mass is 422 g/mol. The minimum Gasteiger partial charge on any atom is -0.455 e. The number of amides is 1. The Morgan fingerprint density at radius 1 is 1.03 bits per heavy atom. The first kappa shape index (κ1) is 22.4. The van der Waals surface area contributed by atoms with Crippen molar-refractivity contribution >= 4 is 27.6 Å². The van der Waals surface area contributed by atoms with Crippen LogP contribution in [0.25, 0.3) is 0 Å². The summed E-state index contributed by atoms with van der Waals surface area (Å²) in [6.07, 6.45) is -0.0531. The molecule has 0 saturated carbocycles. The molecule has 1 amide bonds. The van der Waals surface area contributed by atoms with E-state index in [1.165, 1.54) is 24.3 Å². The van der Waals surface area contributed by atoms with Crippen molar-refractivity contribution in [1.82, 2.24) is 5.32 Å². The largest absolute Gasteiger partial charge is 0.455 e. The Hall–Kier alpha value is -2.94. The number of hydrogen-bond acceptors (Lipinski definition) is 5. The normalized spacial score (nSPS) is 11.2. The van der Waals surface area contributed by atoms with Gasteiger partial charge in [0, 0.05) is 12.2 Å². The number of ether oxygens (including phenoxy) is 1. The maximum absolute atomic E-state index is 12.9. The van der Waals surface area contributed by atoms with E-state index in [2.05, 4.69) is 10.0 Å². The summed E-state index contributed by atoms with van der Waals surface area (Å²) in [5.41, 5.74) is 0.891. The quantitative estimate of drug-likeness (QED) is 0.605. The second-order valence-corrected chi connectivity index (χ2v) is 8.47. The lowest BCUT2D eigenvalue weighted by atomic mass is 10.1. The first-order chi connectivity index (χ1) is 13.7. The third-order valence-corrected chi connectivity index (χ3v) is 5.15. The highest BCUT2D eigenvalue weighted by Crippen LogP contribution is 2.17. The Bertz CT molecular complexity index is 942. The third kappa shape index (κ3) is 7.53. The number of esters is 1. The van der Waals surface area contributed by atoms with E-state index in [0.29, 0.717) is 23.7 Å². The molecule has 0 atom stereocenters. The molecule has 0 bridgehead atoms. The Morgan fingerprint density at radius 3 is 2.24 bits per heavy atom. The summed E-state index contributed by atoms with van der Waals surface area (Å²) in [7, 11) is -3.85. The number of carbonyl (C=O) groups is 2. The predicted octanol–water partition coefficient (Wildman–Crippen LogP) is 2.48. The number of halogens is 1. The molecule has 0 fully saturated rings. The Morgan fingerprint density at radius 2 is 1.66 bits per heavy atom. The highest BCUT2D eigenvalue weighted by molar-refractivity contribution is 7.92. The maximum Gasteiger partial charge on any atom is 0.310 e. The SMILES string of the molecule is CC(C)CNC(=O)COC(=O)Cc1ccc(NS(=O)(=O)c2ccc(F)cc2)cc1. The van der Waals surface area contributed by atoms with Crippen LogP contribution in [0.2, 0.25) is 0 Å². The fourth-order valence-corrected chi connectivity index (χ4v) is 3.31. The van der Waals surface area contributed by atoms with Gasteiger partial charge in [0.25, 0.3) is 15.9 Å². The van der Waals surface area contributed by atoms with Crippen LogP contribution in [0.4, 0.5) is 10.1 Å². The molecule has 2 N–H and O–H groups in total. The third-order valence-electron chi connectivity index (χ3n) is 3.75. The summed E-state index contributed by atoms with van der Waals surface area (Å²) in [4.78, 5) is 23.3. The molecule has 2 aromatic carbocycles. The molecule has 0 unspecified atom stereocenters. The number of sulfonamides is 1. The molecule has 7 nitrogen and oxygen atoms in total. The average Bonchev–Trinajstić information content (AvgIpc) is 2.66. The molecule has 29 heavy (non-hydrogen) atoms. The second kappa shape index (κ2) is 10.0. The van der Waals surface area contributed by atoms with Gasteiger partial charge in [-0.2, -0.15) is 0 Å². The Kier molecular flexibility index (Phi) is 7.72. The molecule has 9 heteroatoms. The molecule has 2 aromatic rings. The molecule has 0 radical (unpaired) electrons. The van der Waals surface area contributed by atoms with Gasteiger partial charge in [-0.3, -0.25) is 14.3 Å². The zero-order chi connectivity index (χ0) is 21.4. The highest BCUT2D eigenvalue weighted by atomic mass is 32.2. The molecule has 0 aliphatic carbocycles. The lowest BCUT2D eigenvalue weighted by Gasteiger charge is -2.10. The van der Waals surface area contributed by atoms with Crippen molar-refractivity contribution in [3.05, 3.63) is 59.9 Å². The standard InChI is InChI=1S/C20H23FN2O5S/c1-14(2)12-22-19(24)13-28-20(25)11-15-3-7-17(8-4-15)23-29(26,27)18-9-5-16(21)6-10-18/h3-10,14,23H,11-13H2,1-2H3,(H,22,24). The van der Waals surface area contributed by atoms with Gasteiger partial charge in [0.05, 0.1) is 11.3 Å². The fraction of sp³-hybridized carbons (Fsp3) is 0.300. The highest BCUT2D eigenvalue weighted by Gasteiger charge is 2.14. The molecule has 0 aromatic heterocycles. The Balaban J connectivity index is 1.87. The molecule has 156 valence electrons. The summed E-state index contributed by atoms with van der Waals surface area (Å²) in [5, 5.41) is 2.64. The van der Waals surface area contributed by atoms with Gasteiger partial charge in [-0.1, -0.05) is 26.0 Å². The van der Waals surface area contributed by atoms with Crippen molar-refractivity contribution in [3.63, 3.8) is 0 Å². The number of rotatable bonds is 9. The molecular formula is C20H23FN2O5S. The van der Waals surface area contributed by atoms with Gasteiger partial charge in [-0.25, -0.2) is 12.8 Å². The van der Waals surface area contributed by atoms with Crippen LogP contribution in [0.3, 0.4) is 0 Å². The maximum atomic E-state index is 12.9. The van der Waals surface area contributed by atoms with E-state index in [9.17, 15) is 22.4 Å². The number of anilines is 1. The van der Waals surface area contributed by atoms with Crippen LogP contribution in [0.15, 0.2) is 53.4 Å². The van der Waals surface area contributed by atoms with Gasteiger partial charge in [-0.15, -0.1) is 0 Å². The smallest absolute Gasteiger partial charge is 0.310 e. The summed E-state index contributed by atoms with van der Waals surface area (Å²) in [5.74, 6) is -1.16. The fourth-order valence-electron chi connectivity index (χ4n) is 2.25. The van der Waals surface area contributed by atoms with Crippen molar-refractivity contribution in [2.75, 3.05) is 17.9 Å². The molecule has 2 rings (SSSR count). The minimum absolute atomic E-state index is 0.0531. The van der Waals surface area contributed by atoms with E-state index in [4.69, 9.17) is 4.74 Å². The number of carbonyl (C=O) groups excluding carboxylic acids is 2. The van der Waals surface area contributed by atoms with Crippen molar-refractivity contribution in [1.29, 1.82) is 0 Å². The minimum atomic E-state index is -3.85. The zero-order valence-corrected chi connectivity index (χ0v) is 17.0. The van der Waals surface area contributed by atoms with Gasteiger partial charge in [0.2, 0.25) is 0 Å². The molecule has 0 aliphatic heterocycles. The van der Waals surface area contributed by atoms with Crippen molar-refractivity contribution < 1.29 is 27.1 Å². The first-order valence-electron chi connectivity index (χ1n) is 8.95. The molecular weight excluding hydrogens is 399 g/mol. The van der Waals surface area contributed by atoms with Crippen LogP contribution in [0.1, 0.15) is 19.4 Å². The summed E-state index contributed by atoms with van der Waals surface area (Å²) < 4.78 is 44.8. The van der Waals surface area contributed by atoms with E-state index >= 15 is 0 Å².